The number of rotatable bonds is 0. The van der Waals surface area contributed by atoms with Crippen molar-refractivity contribution in [1.82, 2.24) is 0 Å². The average molecular weight is 272 g/mol. The zero-order chi connectivity index (χ0) is 13.9. The lowest BCUT2D eigenvalue weighted by Crippen LogP contribution is -2.11. The Labute approximate surface area is 121 Å². The summed E-state index contributed by atoms with van der Waals surface area (Å²) >= 11 is 0. The third kappa shape index (κ3) is 0.936. The number of fused-ring (bicyclic) bond motifs is 7. The smallest absolute Gasteiger partial charge is 0.234 e. The van der Waals surface area contributed by atoms with Crippen molar-refractivity contribution < 1.29 is 9.59 Å². The minimum Gasteiger partial charge on any atom is -0.285 e. The monoisotopic (exact) mass is 272 g/mol. The molecule has 4 atom stereocenters. The van der Waals surface area contributed by atoms with E-state index in [0.717, 1.165) is 5.39 Å². The van der Waals surface area contributed by atoms with Gasteiger partial charge in [0.15, 0.2) is 0 Å². The molecule has 2 aromatic carbocycles. The fraction of sp³-hybridized carbons (Fsp3) is 0.263. The second-order valence-electron chi connectivity index (χ2n) is 6.81. The number of hydrogen-bond donors (Lipinski definition) is 0. The van der Waals surface area contributed by atoms with Crippen LogP contribution in [0.25, 0.3) is 10.8 Å². The van der Waals surface area contributed by atoms with Gasteiger partial charge in [-0.05, 0) is 58.7 Å². The number of carbonyl (C=O) groups is 2. The van der Waals surface area contributed by atoms with Crippen molar-refractivity contribution in [2.75, 3.05) is 0 Å². The predicted octanol–water partition coefficient (Wildman–Crippen LogP) is 3.61. The van der Waals surface area contributed by atoms with Crippen LogP contribution < -0.4 is 0 Å². The van der Waals surface area contributed by atoms with Crippen LogP contribution in [0.2, 0.25) is 0 Å². The number of hydrogen-bond acceptors (Lipinski definition) is 2. The summed E-state index contributed by atoms with van der Waals surface area (Å²) in [5, 5.41) is 2.16. The molecule has 0 radical (unpaired) electrons. The lowest BCUT2D eigenvalue weighted by atomic mass is 9.81. The summed E-state index contributed by atoms with van der Waals surface area (Å²) in [6.07, 6.45) is 6.00. The maximum Gasteiger partial charge on any atom is 0.234 e. The summed E-state index contributed by atoms with van der Waals surface area (Å²) in [4.78, 5) is 24.3. The van der Waals surface area contributed by atoms with Crippen LogP contribution in [0.3, 0.4) is 0 Å². The first kappa shape index (κ1) is 10.5. The lowest BCUT2D eigenvalue weighted by molar-refractivity contribution is 0.0825. The molecule has 2 aromatic rings. The van der Waals surface area contributed by atoms with Gasteiger partial charge in [-0.3, -0.25) is 9.59 Å². The molecule has 1 fully saturated rings. The molecule has 2 bridgehead atoms. The zero-order valence-corrected chi connectivity index (χ0v) is 11.3. The molecule has 4 aliphatic carbocycles. The van der Waals surface area contributed by atoms with Crippen LogP contribution in [0.5, 0.6) is 0 Å². The first-order valence-corrected chi connectivity index (χ1v) is 7.62. The van der Waals surface area contributed by atoms with Crippen LogP contribution in [0.15, 0.2) is 36.4 Å². The van der Waals surface area contributed by atoms with Gasteiger partial charge in [0.1, 0.15) is 0 Å². The van der Waals surface area contributed by atoms with Gasteiger partial charge in [0, 0.05) is 16.5 Å². The molecule has 0 amide bonds. The van der Waals surface area contributed by atoms with Crippen molar-refractivity contribution in [2.45, 2.75) is 18.3 Å². The van der Waals surface area contributed by atoms with Crippen molar-refractivity contribution in [3.8, 4) is 0 Å². The third-order valence-electron chi connectivity index (χ3n) is 6.10. The number of Topliss-reactive ketones (excluding diaryl/α,β-unsaturated/α-hetero) is 2. The molecular formula is C19H12O2. The molecule has 0 unspecified atom stereocenters. The van der Waals surface area contributed by atoms with Crippen molar-refractivity contribution in [3.05, 3.63) is 58.7 Å². The molecule has 1 saturated carbocycles. The SMILES string of the molecule is O=C1C(=O)c2ccc3c4c(ccc1c24)[C@@H]1[C@H]3[C@@H]2C=C[C@H]1C2. The highest BCUT2D eigenvalue weighted by atomic mass is 16.2. The largest absolute Gasteiger partial charge is 0.285 e. The summed E-state index contributed by atoms with van der Waals surface area (Å²) in [6, 6.07) is 7.99. The molecule has 2 heteroatoms. The number of ketones is 2. The van der Waals surface area contributed by atoms with Crippen molar-refractivity contribution >= 4 is 22.3 Å². The Morgan fingerprint density at radius 1 is 0.714 bits per heavy atom. The van der Waals surface area contributed by atoms with E-state index in [1.54, 1.807) is 0 Å². The molecule has 0 spiro atoms. The molecule has 4 aliphatic rings. The standard InChI is InChI=1S/C19H12O2/c20-18-12-5-3-10-14-8-1-2-9(7-8)15(14)11-4-6-13(19(18)21)17(12)16(10)11/h1-6,8-9,14-15H,7H2/t8-,9+,14+,15-. The molecule has 0 saturated heterocycles. The minimum absolute atomic E-state index is 0.327. The second kappa shape index (κ2) is 3.01. The quantitative estimate of drug-likeness (QED) is 0.542. The van der Waals surface area contributed by atoms with Gasteiger partial charge in [0.25, 0.3) is 0 Å². The maximum atomic E-state index is 12.1. The molecule has 0 aromatic heterocycles. The van der Waals surface area contributed by atoms with Gasteiger partial charge in [0.2, 0.25) is 11.6 Å². The lowest BCUT2D eigenvalue weighted by Gasteiger charge is -2.22. The van der Waals surface area contributed by atoms with Crippen LogP contribution in [0.4, 0.5) is 0 Å². The number of allylic oxidation sites excluding steroid dienone is 2. The van der Waals surface area contributed by atoms with Gasteiger partial charge in [0.05, 0.1) is 0 Å². The van der Waals surface area contributed by atoms with Gasteiger partial charge < -0.3 is 0 Å². The van der Waals surface area contributed by atoms with Gasteiger partial charge in [-0.15, -0.1) is 0 Å². The normalized spacial score (nSPS) is 33.5. The highest BCUT2D eigenvalue weighted by Crippen LogP contribution is 2.64. The Morgan fingerprint density at radius 2 is 1.24 bits per heavy atom. The van der Waals surface area contributed by atoms with Gasteiger partial charge >= 0.3 is 0 Å². The van der Waals surface area contributed by atoms with Gasteiger partial charge in [-0.1, -0.05) is 24.3 Å². The van der Waals surface area contributed by atoms with E-state index in [0.29, 0.717) is 34.8 Å². The van der Waals surface area contributed by atoms with E-state index in [1.807, 2.05) is 12.1 Å². The Morgan fingerprint density at radius 3 is 1.76 bits per heavy atom. The Bertz CT molecular complexity index is 863. The van der Waals surface area contributed by atoms with E-state index in [2.05, 4.69) is 24.3 Å². The highest BCUT2D eigenvalue weighted by molar-refractivity contribution is 6.57. The van der Waals surface area contributed by atoms with E-state index in [9.17, 15) is 9.59 Å². The summed E-state index contributed by atoms with van der Waals surface area (Å²) < 4.78 is 0. The van der Waals surface area contributed by atoms with Crippen molar-refractivity contribution in [3.63, 3.8) is 0 Å². The van der Waals surface area contributed by atoms with Crippen LogP contribution in [0.1, 0.15) is 50.1 Å². The molecule has 0 aliphatic heterocycles. The highest BCUT2D eigenvalue weighted by Gasteiger charge is 2.51. The minimum atomic E-state index is -0.327. The Kier molecular flexibility index (Phi) is 1.51. The molecule has 6 rings (SSSR count). The first-order valence-electron chi connectivity index (χ1n) is 7.62. The summed E-state index contributed by atoms with van der Waals surface area (Å²) in [7, 11) is 0. The van der Waals surface area contributed by atoms with Crippen molar-refractivity contribution in [1.29, 1.82) is 0 Å². The van der Waals surface area contributed by atoms with Gasteiger partial charge in [-0.25, -0.2) is 0 Å². The Hall–Kier alpha value is -2.22. The van der Waals surface area contributed by atoms with E-state index < -0.39 is 0 Å². The fourth-order valence-electron chi connectivity index (χ4n) is 5.40. The fourth-order valence-corrected chi connectivity index (χ4v) is 5.40. The average Bonchev–Trinajstić information content (AvgIpc) is 3.22. The van der Waals surface area contributed by atoms with E-state index in [1.165, 1.54) is 22.9 Å². The molecule has 21 heavy (non-hydrogen) atoms. The van der Waals surface area contributed by atoms with E-state index in [4.69, 9.17) is 0 Å². The topological polar surface area (TPSA) is 34.1 Å². The molecule has 2 nitrogen and oxygen atoms in total. The van der Waals surface area contributed by atoms with Crippen LogP contribution >= 0.6 is 0 Å². The molecular weight excluding hydrogens is 260 g/mol. The zero-order valence-electron chi connectivity index (χ0n) is 11.3. The summed E-state index contributed by atoms with van der Waals surface area (Å²) in [5.41, 5.74) is 3.98. The second-order valence-corrected chi connectivity index (χ2v) is 6.81. The van der Waals surface area contributed by atoms with E-state index >= 15 is 0 Å². The van der Waals surface area contributed by atoms with Crippen LogP contribution in [-0.2, 0) is 0 Å². The molecule has 100 valence electrons. The predicted molar refractivity (Wildman–Crippen MR) is 78.8 cm³/mol. The van der Waals surface area contributed by atoms with E-state index in [-0.39, 0.29) is 11.6 Å². The van der Waals surface area contributed by atoms with Crippen LogP contribution in [-0.4, -0.2) is 11.6 Å². The maximum absolute atomic E-state index is 12.1. The van der Waals surface area contributed by atoms with Crippen molar-refractivity contribution in [2.24, 2.45) is 11.8 Å². The summed E-state index contributed by atoms with van der Waals surface area (Å²) in [5.74, 6) is 1.74. The molecule has 0 heterocycles. The summed E-state index contributed by atoms with van der Waals surface area (Å²) in [6.45, 7) is 0. The number of carbonyl (C=O) groups excluding carboxylic acids is 2. The number of benzene rings is 2. The van der Waals surface area contributed by atoms with Gasteiger partial charge in [-0.2, -0.15) is 0 Å². The molecule has 0 N–H and O–H groups in total. The third-order valence-corrected chi connectivity index (χ3v) is 6.10. The van der Waals surface area contributed by atoms with Crippen LogP contribution in [0, 0.1) is 11.8 Å². The first-order chi connectivity index (χ1) is 10.3. The Balaban J connectivity index is 1.80.